The number of hydrogen-bond acceptors (Lipinski definition) is 4. The molecule has 0 aromatic rings. The van der Waals surface area contributed by atoms with E-state index in [4.69, 9.17) is 16.0 Å². The van der Waals surface area contributed by atoms with E-state index in [1.54, 1.807) is 0 Å². The number of aliphatic hydroxyl groups excluding tert-OH is 1. The van der Waals surface area contributed by atoms with Crippen LogP contribution in [0.2, 0.25) is 0 Å². The van der Waals surface area contributed by atoms with Crippen LogP contribution in [0.3, 0.4) is 0 Å². The van der Waals surface area contributed by atoms with E-state index >= 15 is 0 Å². The Morgan fingerprint density at radius 2 is 2.17 bits per heavy atom. The molecule has 0 heterocycles. The van der Waals surface area contributed by atoms with Crippen LogP contribution in [0.25, 0.3) is 0 Å². The molecule has 0 bridgehead atoms. The van der Waals surface area contributed by atoms with Gasteiger partial charge in [-0.15, -0.1) is 0 Å². The third-order valence-electron chi connectivity index (χ3n) is 1.61. The summed E-state index contributed by atoms with van der Waals surface area (Å²) in [7, 11) is 0. The van der Waals surface area contributed by atoms with Crippen molar-refractivity contribution in [2.45, 2.75) is 19.9 Å². The quantitative estimate of drug-likeness (QED) is 0.226. The average Bonchev–Trinajstić information content (AvgIpc) is 2.03. The lowest BCUT2D eigenvalue weighted by Crippen LogP contribution is -2.40. The zero-order valence-electron chi connectivity index (χ0n) is 7.56. The standard InChI is InChI=1S/C7H17N3O2/c1-6(2)10(3-4-11)5-7(8)9-12/h6,11-12H,3-5H2,1-2H3,(H2,8,9). The van der Waals surface area contributed by atoms with Crippen LogP contribution in [0.15, 0.2) is 5.16 Å². The van der Waals surface area contributed by atoms with Gasteiger partial charge in [0.1, 0.15) is 0 Å². The van der Waals surface area contributed by atoms with Crippen molar-refractivity contribution < 1.29 is 10.3 Å². The van der Waals surface area contributed by atoms with Crippen molar-refractivity contribution in [1.82, 2.24) is 4.90 Å². The van der Waals surface area contributed by atoms with Gasteiger partial charge in [-0.1, -0.05) is 5.16 Å². The van der Waals surface area contributed by atoms with Crippen LogP contribution in [-0.4, -0.2) is 46.8 Å². The topological polar surface area (TPSA) is 82.1 Å². The minimum absolute atomic E-state index is 0.0802. The Labute approximate surface area is 72.5 Å². The van der Waals surface area contributed by atoms with Crippen molar-refractivity contribution in [3.8, 4) is 0 Å². The maximum Gasteiger partial charge on any atom is 0.153 e. The van der Waals surface area contributed by atoms with Gasteiger partial charge in [-0.2, -0.15) is 0 Å². The largest absolute Gasteiger partial charge is 0.409 e. The highest BCUT2D eigenvalue weighted by Crippen LogP contribution is 1.95. The summed E-state index contributed by atoms with van der Waals surface area (Å²) in [4.78, 5) is 1.91. The number of hydrogen-bond donors (Lipinski definition) is 3. The van der Waals surface area contributed by atoms with Crippen molar-refractivity contribution in [3.05, 3.63) is 0 Å². The first-order chi connectivity index (χ1) is 5.61. The molecule has 0 saturated heterocycles. The van der Waals surface area contributed by atoms with Gasteiger partial charge in [0.05, 0.1) is 13.2 Å². The molecule has 0 radical (unpaired) electrons. The molecule has 0 aliphatic rings. The Bertz CT molecular complexity index is 148. The van der Waals surface area contributed by atoms with Crippen molar-refractivity contribution in [2.75, 3.05) is 19.7 Å². The predicted octanol–water partition coefficient (Wildman–Crippen LogP) is -0.564. The molecule has 5 heteroatoms. The summed E-state index contributed by atoms with van der Waals surface area (Å²) in [6.45, 7) is 4.97. The van der Waals surface area contributed by atoms with Crippen molar-refractivity contribution in [3.63, 3.8) is 0 Å². The highest BCUT2D eigenvalue weighted by atomic mass is 16.4. The van der Waals surface area contributed by atoms with E-state index < -0.39 is 0 Å². The molecule has 0 aromatic heterocycles. The lowest BCUT2D eigenvalue weighted by atomic mass is 10.3. The number of nitrogens with zero attached hydrogens (tertiary/aromatic N) is 2. The van der Waals surface area contributed by atoms with E-state index in [0.717, 1.165) is 0 Å². The molecule has 0 amide bonds. The van der Waals surface area contributed by atoms with Gasteiger partial charge in [0.25, 0.3) is 0 Å². The molecule has 72 valence electrons. The summed E-state index contributed by atoms with van der Waals surface area (Å²) in [6.07, 6.45) is 0. The van der Waals surface area contributed by atoms with Gasteiger partial charge in [-0.25, -0.2) is 0 Å². The molecule has 0 aliphatic carbocycles. The second-order valence-electron chi connectivity index (χ2n) is 2.88. The fraction of sp³-hybridized carbons (Fsp3) is 0.857. The van der Waals surface area contributed by atoms with E-state index in [1.807, 2.05) is 18.7 Å². The van der Waals surface area contributed by atoms with Gasteiger partial charge in [-0.05, 0) is 13.8 Å². The molecule has 0 spiro atoms. The summed E-state index contributed by atoms with van der Waals surface area (Å²) in [6, 6.07) is 0.275. The maximum absolute atomic E-state index is 8.69. The van der Waals surface area contributed by atoms with Crippen molar-refractivity contribution in [2.24, 2.45) is 10.9 Å². The van der Waals surface area contributed by atoms with Gasteiger partial charge in [-0.3, -0.25) is 4.90 Å². The van der Waals surface area contributed by atoms with E-state index in [0.29, 0.717) is 13.1 Å². The normalized spacial score (nSPS) is 12.9. The number of oxime groups is 1. The molecule has 0 aromatic carbocycles. The second kappa shape index (κ2) is 5.79. The van der Waals surface area contributed by atoms with Crippen LogP contribution in [0.5, 0.6) is 0 Å². The van der Waals surface area contributed by atoms with Crippen LogP contribution in [0, 0.1) is 0 Å². The summed E-state index contributed by atoms with van der Waals surface area (Å²) >= 11 is 0. The Kier molecular flexibility index (Phi) is 5.40. The monoisotopic (exact) mass is 175 g/mol. The molecule has 4 N–H and O–H groups in total. The first-order valence-electron chi connectivity index (χ1n) is 3.93. The van der Waals surface area contributed by atoms with Crippen LogP contribution in [0.1, 0.15) is 13.8 Å². The minimum atomic E-state index is 0.0802. The van der Waals surface area contributed by atoms with Crippen molar-refractivity contribution in [1.29, 1.82) is 0 Å². The summed E-state index contributed by atoms with van der Waals surface area (Å²) < 4.78 is 0. The first kappa shape index (κ1) is 11.2. The van der Waals surface area contributed by atoms with Gasteiger partial charge in [0, 0.05) is 12.6 Å². The fourth-order valence-electron chi connectivity index (χ4n) is 0.888. The molecule has 5 nitrogen and oxygen atoms in total. The van der Waals surface area contributed by atoms with E-state index in [2.05, 4.69) is 5.16 Å². The molecule has 0 atom stereocenters. The number of nitrogens with two attached hydrogens (primary N) is 1. The first-order valence-corrected chi connectivity index (χ1v) is 3.93. The molecular formula is C7H17N3O2. The van der Waals surface area contributed by atoms with Crippen molar-refractivity contribution >= 4 is 5.84 Å². The van der Waals surface area contributed by atoms with E-state index in [9.17, 15) is 0 Å². The number of rotatable bonds is 5. The Hall–Kier alpha value is -0.810. The summed E-state index contributed by atoms with van der Waals surface area (Å²) in [5.74, 6) is 0.164. The highest BCUT2D eigenvalue weighted by Gasteiger charge is 2.09. The molecule has 12 heavy (non-hydrogen) atoms. The van der Waals surface area contributed by atoms with E-state index in [1.165, 1.54) is 0 Å². The molecule has 0 aliphatic heterocycles. The maximum atomic E-state index is 8.69. The summed E-state index contributed by atoms with van der Waals surface area (Å²) in [5.41, 5.74) is 5.32. The van der Waals surface area contributed by atoms with Gasteiger partial charge < -0.3 is 16.0 Å². The molecular weight excluding hydrogens is 158 g/mol. The predicted molar refractivity (Wildman–Crippen MR) is 47.2 cm³/mol. The number of amidine groups is 1. The van der Waals surface area contributed by atoms with Crippen LogP contribution >= 0.6 is 0 Å². The fourth-order valence-corrected chi connectivity index (χ4v) is 0.888. The molecule has 0 rings (SSSR count). The van der Waals surface area contributed by atoms with Gasteiger partial charge in [0.15, 0.2) is 5.84 Å². The lowest BCUT2D eigenvalue weighted by Gasteiger charge is -2.24. The molecule has 0 fully saturated rings. The average molecular weight is 175 g/mol. The second-order valence-corrected chi connectivity index (χ2v) is 2.88. The third kappa shape index (κ3) is 4.15. The Balaban J connectivity index is 3.95. The zero-order chi connectivity index (χ0) is 9.56. The third-order valence-corrected chi connectivity index (χ3v) is 1.61. The number of aliphatic hydroxyl groups is 1. The minimum Gasteiger partial charge on any atom is -0.409 e. The van der Waals surface area contributed by atoms with Crippen LogP contribution < -0.4 is 5.73 Å². The SMILES string of the molecule is CC(C)N(CCO)CC(N)=NO. The zero-order valence-corrected chi connectivity index (χ0v) is 7.56. The lowest BCUT2D eigenvalue weighted by molar-refractivity contribution is 0.182. The van der Waals surface area contributed by atoms with Gasteiger partial charge >= 0.3 is 0 Å². The highest BCUT2D eigenvalue weighted by molar-refractivity contribution is 5.81. The molecule has 0 saturated carbocycles. The van der Waals surface area contributed by atoms with Crippen LogP contribution in [0.4, 0.5) is 0 Å². The van der Waals surface area contributed by atoms with Crippen LogP contribution in [-0.2, 0) is 0 Å². The van der Waals surface area contributed by atoms with E-state index in [-0.39, 0.29) is 18.5 Å². The summed E-state index contributed by atoms with van der Waals surface area (Å²) in [5, 5.41) is 19.9. The molecule has 0 unspecified atom stereocenters. The Morgan fingerprint density at radius 3 is 2.50 bits per heavy atom. The Morgan fingerprint density at radius 1 is 1.58 bits per heavy atom. The smallest absolute Gasteiger partial charge is 0.153 e. The van der Waals surface area contributed by atoms with Gasteiger partial charge in [0.2, 0.25) is 0 Å².